The number of ether oxygens (including phenoxy) is 1. The zero-order valence-electron chi connectivity index (χ0n) is 21.4. The number of aryl methyl sites for hydroxylation is 2. The average Bonchev–Trinajstić information content (AvgIpc) is 3.31. The molecule has 0 saturated carbocycles. The molecule has 194 valence electrons. The van der Waals surface area contributed by atoms with Crippen LogP contribution >= 0.6 is 11.3 Å². The van der Waals surface area contributed by atoms with Crippen molar-refractivity contribution >= 4 is 17.4 Å². The second-order valence-electron chi connectivity index (χ2n) is 10.0. The van der Waals surface area contributed by atoms with Crippen molar-refractivity contribution < 1.29 is 19.7 Å². The van der Waals surface area contributed by atoms with Crippen molar-refractivity contribution in [2.45, 2.75) is 76.5 Å². The molecule has 36 heavy (non-hydrogen) atoms. The first kappa shape index (κ1) is 27.8. The zero-order chi connectivity index (χ0) is 26.0. The highest BCUT2D eigenvalue weighted by atomic mass is 32.1. The minimum atomic E-state index is -0.809. The minimum absolute atomic E-state index is 0.159. The van der Waals surface area contributed by atoms with Gasteiger partial charge in [-0.3, -0.25) is 0 Å². The molecule has 0 aliphatic heterocycles. The molecule has 1 amide bonds. The summed E-state index contributed by atoms with van der Waals surface area (Å²) in [5, 5.41) is 24.5. The summed E-state index contributed by atoms with van der Waals surface area (Å²) in [7, 11) is 0. The molecule has 0 aliphatic carbocycles. The summed E-state index contributed by atoms with van der Waals surface area (Å²) < 4.78 is 5.57. The number of thiazole rings is 1. The minimum Gasteiger partial charge on any atom is -0.444 e. The number of benzene rings is 2. The molecular weight excluding hydrogens is 472 g/mol. The first-order valence-electron chi connectivity index (χ1n) is 12.6. The Morgan fingerprint density at radius 3 is 2.36 bits per heavy atom. The van der Waals surface area contributed by atoms with Crippen LogP contribution in [0.3, 0.4) is 0 Å². The van der Waals surface area contributed by atoms with Crippen LogP contribution in [0, 0.1) is 0 Å². The molecule has 1 heterocycles. The molecule has 0 aliphatic rings. The van der Waals surface area contributed by atoms with Gasteiger partial charge in [0.25, 0.3) is 0 Å². The van der Waals surface area contributed by atoms with E-state index in [2.05, 4.69) is 22.4 Å². The third kappa shape index (κ3) is 9.04. The Labute approximate surface area is 218 Å². The smallest absolute Gasteiger partial charge is 0.407 e. The van der Waals surface area contributed by atoms with Gasteiger partial charge in [-0.05, 0) is 57.6 Å². The van der Waals surface area contributed by atoms with Gasteiger partial charge in [-0.1, -0.05) is 60.7 Å². The monoisotopic (exact) mass is 510 g/mol. The maximum absolute atomic E-state index is 12.9. The Kier molecular flexibility index (Phi) is 10.5. The number of nitrogens with zero attached hydrogens (tertiary/aromatic N) is 1. The van der Waals surface area contributed by atoms with Gasteiger partial charge in [-0.25, -0.2) is 9.78 Å². The number of aliphatic hydroxyl groups is 2. The lowest BCUT2D eigenvalue weighted by Gasteiger charge is -2.33. The predicted molar refractivity (Wildman–Crippen MR) is 144 cm³/mol. The zero-order valence-corrected chi connectivity index (χ0v) is 22.2. The fraction of sp³-hybridized carbons (Fsp3) is 0.448. The molecule has 0 fully saturated rings. The van der Waals surface area contributed by atoms with Crippen molar-refractivity contribution in [3.05, 3.63) is 87.9 Å². The fourth-order valence-electron chi connectivity index (χ4n) is 4.21. The van der Waals surface area contributed by atoms with E-state index in [1.54, 1.807) is 11.3 Å². The van der Waals surface area contributed by atoms with Crippen LogP contribution in [0.5, 0.6) is 0 Å². The van der Waals surface area contributed by atoms with Gasteiger partial charge < -0.3 is 20.3 Å². The van der Waals surface area contributed by atoms with Crippen LogP contribution < -0.4 is 5.32 Å². The number of carbonyl (C=O) groups excluding carboxylic acids is 1. The van der Waals surface area contributed by atoms with Crippen LogP contribution in [-0.4, -0.2) is 45.6 Å². The SMILES string of the molecule is CC(C)(C)OC(=O)N[C@H](C(O)CCc1ncc(CCCO)s1)C(Cc1ccccc1)c1ccccc1. The topological polar surface area (TPSA) is 91.7 Å². The second-order valence-corrected chi connectivity index (χ2v) is 11.2. The van der Waals surface area contributed by atoms with E-state index < -0.39 is 23.8 Å². The molecule has 7 heteroatoms. The molecule has 1 aromatic heterocycles. The molecule has 3 rings (SSSR count). The van der Waals surface area contributed by atoms with Gasteiger partial charge in [0.2, 0.25) is 0 Å². The van der Waals surface area contributed by atoms with Crippen molar-refractivity contribution in [2.75, 3.05) is 6.61 Å². The summed E-state index contributed by atoms with van der Waals surface area (Å²) >= 11 is 1.61. The van der Waals surface area contributed by atoms with Crippen LogP contribution in [-0.2, 0) is 24.0 Å². The van der Waals surface area contributed by atoms with E-state index in [-0.39, 0.29) is 12.5 Å². The number of hydrogen-bond acceptors (Lipinski definition) is 6. The standard InChI is InChI=1S/C29H38N2O4S/c1-29(2,3)35-28(34)31-27(25(33)16-17-26-30-20-23(36-26)15-10-18-32)24(22-13-8-5-9-14-22)19-21-11-6-4-7-12-21/h4-9,11-14,20,24-25,27,32-33H,10,15-19H2,1-3H3,(H,31,34)/t24?,25?,27-/m0/s1. The molecular formula is C29H38N2O4S. The highest BCUT2D eigenvalue weighted by Crippen LogP contribution is 2.29. The summed E-state index contributed by atoms with van der Waals surface area (Å²) in [4.78, 5) is 18.5. The van der Waals surface area contributed by atoms with Crippen LogP contribution in [0.25, 0.3) is 0 Å². The molecule has 0 saturated heterocycles. The summed E-state index contributed by atoms with van der Waals surface area (Å²) in [5.74, 6) is -0.160. The van der Waals surface area contributed by atoms with Crippen LogP contribution in [0.4, 0.5) is 4.79 Å². The third-order valence-electron chi connectivity index (χ3n) is 5.89. The molecule has 3 atom stereocenters. The number of alkyl carbamates (subject to hydrolysis) is 1. The molecule has 2 aromatic carbocycles. The van der Waals surface area contributed by atoms with E-state index in [1.807, 2.05) is 75.5 Å². The Hall–Kier alpha value is -2.74. The quantitative estimate of drug-likeness (QED) is 0.308. The van der Waals surface area contributed by atoms with E-state index in [0.29, 0.717) is 25.7 Å². The molecule has 0 spiro atoms. The summed E-state index contributed by atoms with van der Waals surface area (Å²) in [5.41, 5.74) is 1.53. The lowest BCUT2D eigenvalue weighted by Crippen LogP contribution is -2.49. The lowest BCUT2D eigenvalue weighted by molar-refractivity contribution is 0.0384. The summed E-state index contributed by atoms with van der Waals surface area (Å²) in [6, 6.07) is 19.6. The Balaban J connectivity index is 1.83. The molecule has 0 radical (unpaired) electrons. The van der Waals surface area contributed by atoms with Gasteiger partial charge in [-0.2, -0.15) is 0 Å². The number of nitrogens with one attached hydrogen (secondary N) is 1. The highest BCUT2D eigenvalue weighted by Gasteiger charge is 2.33. The van der Waals surface area contributed by atoms with Crippen molar-refractivity contribution in [3.63, 3.8) is 0 Å². The van der Waals surface area contributed by atoms with E-state index >= 15 is 0 Å². The Bertz CT molecular complexity index is 1050. The fourth-order valence-corrected chi connectivity index (χ4v) is 5.19. The van der Waals surface area contributed by atoms with Gasteiger partial charge in [0.05, 0.1) is 17.2 Å². The summed E-state index contributed by atoms with van der Waals surface area (Å²) in [6.07, 6.45) is 3.72. The van der Waals surface area contributed by atoms with E-state index in [0.717, 1.165) is 27.4 Å². The molecule has 6 nitrogen and oxygen atoms in total. The van der Waals surface area contributed by atoms with Gasteiger partial charge in [0.15, 0.2) is 0 Å². The first-order valence-corrected chi connectivity index (χ1v) is 13.4. The second kappa shape index (κ2) is 13.5. The average molecular weight is 511 g/mol. The largest absolute Gasteiger partial charge is 0.444 e. The molecule has 3 N–H and O–H groups in total. The van der Waals surface area contributed by atoms with Gasteiger partial charge in [-0.15, -0.1) is 11.3 Å². The van der Waals surface area contributed by atoms with Crippen molar-refractivity contribution in [2.24, 2.45) is 0 Å². The van der Waals surface area contributed by atoms with E-state index in [1.165, 1.54) is 0 Å². The first-order chi connectivity index (χ1) is 17.2. The van der Waals surface area contributed by atoms with E-state index in [4.69, 9.17) is 9.84 Å². The number of amides is 1. The lowest BCUT2D eigenvalue weighted by atomic mass is 9.82. The number of hydrogen-bond donors (Lipinski definition) is 3. The molecule has 3 aromatic rings. The maximum atomic E-state index is 12.9. The number of rotatable bonds is 12. The van der Waals surface area contributed by atoms with Crippen molar-refractivity contribution in [1.82, 2.24) is 10.3 Å². The van der Waals surface area contributed by atoms with Gasteiger partial charge in [0.1, 0.15) is 5.60 Å². The van der Waals surface area contributed by atoms with Crippen LogP contribution in [0.15, 0.2) is 66.9 Å². The van der Waals surface area contributed by atoms with Crippen LogP contribution in [0.1, 0.15) is 60.5 Å². The van der Waals surface area contributed by atoms with Crippen LogP contribution in [0.2, 0.25) is 0 Å². The Morgan fingerprint density at radius 2 is 1.72 bits per heavy atom. The number of aliphatic hydroxyl groups excluding tert-OH is 2. The maximum Gasteiger partial charge on any atom is 0.407 e. The number of carbonyl (C=O) groups is 1. The highest BCUT2D eigenvalue weighted by molar-refractivity contribution is 7.11. The summed E-state index contributed by atoms with van der Waals surface area (Å²) in [6.45, 7) is 5.64. The van der Waals surface area contributed by atoms with E-state index in [9.17, 15) is 9.90 Å². The van der Waals surface area contributed by atoms with Crippen molar-refractivity contribution in [3.8, 4) is 0 Å². The normalized spacial score (nSPS) is 14.1. The molecule has 0 bridgehead atoms. The Morgan fingerprint density at radius 1 is 1.06 bits per heavy atom. The van der Waals surface area contributed by atoms with Gasteiger partial charge in [0, 0.05) is 30.0 Å². The molecule has 2 unspecified atom stereocenters. The third-order valence-corrected chi connectivity index (χ3v) is 7.01. The van der Waals surface area contributed by atoms with Gasteiger partial charge >= 0.3 is 6.09 Å². The predicted octanol–water partition coefficient (Wildman–Crippen LogP) is 5.28. The number of aromatic nitrogens is 1. The van der Waals surface area contributed by atoms with Crippen molar-refractivity contribution in [1.29, 1.82) is 0 Å².